The van der Waals surface area contributed by atoms with Crippen LogP contribution in [0.1, 0.15) is 27.0 Å². The van der Waals surface area contributed by atoms with Crippen molar-refractivity contribution in [3.63, 3.8) is 0 Å². The molecule has 0 saturated carbocycles. The molecule has 152 valence electrons. The number of carbonyl (C=O) groups is 1. The molecule has 0 radical (unpaired) electrons. The molecule has 2 aromatic carbocycles. The lowest BCUT2D eigenvalue weighted by Crippen LogP contribution is -2.15. The maximum atomic E-state index is 12.8. The third kappa shape index (κ3) is 3.66. The second-order valence-corrected chi connectivity index (χ2v) is 7.09. The number of rotatable bonds is 3. The molecular formula is C23H18F3N3O. The predicted octanol–water partition coefficient (Wildman–Crippen LogP) is 5.89. The number of hydrogen-bond acceptors (Lipinski definition) is 2. The van der Waals surface area contributed by atoms with Crippen LogP contribution in [0, 0.1) is 13.8 Å². The van der Waals surface area contributed by atoms with Gasteiger partial charge in [-0.15, -0.1) is 0 Å². The summed E-state index contributed by atoms with van der Waals surface area (Å²) in [4.78, 5) is 17.5. The number of alkyl halides is 3. The van der Waals surface area contributed by atoms with E-state index >= 15 is 0 Å². The summed E-state index contributed by atoms with van der Waals surface area (Å²) in [5.74, 6) is -0.0508. The zero-order valence-electron chi connectivity index (χ0n) is 16.3. The Morgan fingerprint density at radius 2 is 1.70 bits per heavy atom. The number of aryl methyl sites for hydroxylation is 2. The van der Waals surface area contributed by atoms with Crippen LogP contribution in [0.25, 0.3) is 16.9 Å². The van der Waals surface area contributed by atoms with E-state index in [2.05, 4.69) is 5.32 Å². The van der Waals surface area contributed by atoms with Gasteiger partial charge in [-0.1, -0.05) is 24.3 Å². The van der Waals surface area contributed by atoms with Crippen LogP contribution in [0.5, 0.6) is 0 Å². The van der Waals surface area contributed by atoms with Gasteiger partial charge in [0.2, 0.25) is 0 Å². The number of pyridine rings is 1. The number of fused-ring (bicyclic) bond motifs is 1. The Hall–Kier alpha value is -3.61. The maximum absolute atomic E-state index is 12.8. The third-order valence-corrected chi connectivity index (χ3v) is 4.89. The molecule has 30 heavy (non-hydrogen) atoms. The molecular weight excluding hydrogens is 391 g/mol. The Kier molecular flexibility index (Phi) is 4.81. The molecule has 2 aromatic heterocycles. The van der Waals surface area contributed by atoms with Gasteiger partial charge in [0, 0.05) is 17.3 Å². The molecule has 4 nitrogen and oxygen atoms in total. The van der Waals surface area contributed by atoms with E-state index in [9.17, 15) is 18.0 Å². The van der Waals surface area contributed by atoms with Crippen LogP contribution >= 0.6 is 0 Å². The van der Waals surface area contributed by atoms with Crippen LogP contribution in [-0.2, 0) is 6.18 Å². The first-order chi connectivity index (χ1) is 14.2. The lowest BCUT2D eigenvalue weighted by Gasteiger charge is -2.11. The van der Waals surface area contributed by atoms with Crippen LogP contribution < -0.4 is 5.32 Å². The molecule has 0 bridgehead atoms. The van der Waals surface area contributed by atoms with E-state index in [1.165, 1.54) is 12.1 Å². The van der Waals surface area contributed by atoms with Crippen molar-refractivity contribution in [2.24, 2.45) is 0 Å². The molecule has 2 heterocycles. The van der Waals surface area contributed by atoms with Gasteiger partial charge >= 0.3 is 6.18 Å². The van der Waals surface area contributed by atoms with Crippen molar-refractivity contribution in [1.29, 1.82) is 0 Å². The Morgan fingerprint density at radius 3 is 2.37 bits per heavy atom. The molecule has 1 N–H and O–H groups in total. The van der Waals surface area contributed by atoms with Gasteiger partial charge in [0.15, 0.2) is 0 Å². The molecule has 0 aliphatic carbocycles. The highest BCUT2D eigenvalue weighted by atomic mass is 19.4. The molecule has 4 aromatic rings. The summed E-state index contributed by atoms with van der Waals surface area (Å²) in [6.07, 6.45) is -2.64. The highest BCUT2D eigenvalue weighted by molar-refractivity contribution is 6.06. The van der Waals surface area contributed by atoms with Crippen LogP contribution in [0.2, 0.25) is 0 Å². The zero-order chi connectivity index (χ0) is 21.5. The highest BCUT2D eigenvalue weighted by Gasteiger charge is 2.30. The minimum atomic E-state index is -4.45. The molecule has 0 saturated heterocycles. The van der Waals surface area contributed by atoms with Gasteiger partial charge in [-0.3, -0.25) is 9.20 Å². The Labute approximate surface area is 171 Å². The fraction of sp³-hybridized carbons (Fsp3) is 0.130. The molecule has 0 fully saturated rings. The second-order valence-electron chi connectivity index (χ2n) is 7.09. The van der Waals surface area contributed by atoms with Crippen LogP contribution in [-0.4, -0.2) is 15.3 Å². The van der Waals surface area contributed by atoms with Crippen molar-refractivity contribution < 1.29 is 18.0 Å². The smallest absolute Gasteiger partial charge is 0.306 e. The average Bonchev–Trinajstić information content (AvgIpc) is 3.05. The summed E-state index contributed by atoms with van der Waals surface area (Å²) in [6.45, 7) is 3.90. The van der Waals surface area contributed by atoms with Crippen LogP contribution in [0.15, 0.2) is 66.9 Å². The lowest BCUT2D eigenvalue weighted by molar-refractivity contribution is -0.137. The number of carbonyl (C=O) groups excluding carboxylic acids is 1. The van der Waals surface area contributed by atoms with Crippen molar-refractivity contribution in [1.82, 2.24) is 9.38 Å². The molecule has 0 atom stereocenters. The van der Waals surface area contributed by atoms with Crippen LogP contribution in [0.4, 0.5) is 19.0 Å². The first-order valence-corrected chi connectivity index (χ1v) is 9.27. The van der Waals surface area contributed by atoms with Gasteiger partial charge in [0.1, 0.15) is 17.2 Å². The molecule has 0 spiro atoms. The van der Waals surface area contributed by atoms with Gasteiger partial charge in [-0.2, -0.15) is 13.2 Å². The number of halogens is 3. The monoisotopic (exact) mass is 409 g/mol. The van der Waals surface area contributed by atoms with E-state index < -0.39 is 17.6 Å². The first kappa shape index (κ1) is 19.7. The standard InChI is InChI=1S/C23H18F3N3O/c1-14-11-12-29-19(13-14)27-20(18-6-4-3-5-15(18)2)21(29)28-22(30)16-7-9-17(10-8-16)23(24,25)26/h3-13H,1-2H3,(H,28,30). The summed E-state index contributed by atoms with van der Waals surface area (Å²) < 4.78 is 40.2. The SMILES string of the molecule is Cc1ccn2c(NC(=O)c3ccc(C(F)(F)F)cc3)c(-c3ccccc3C)nc2c1. The van der Waals surface area contributed by atoms with E-state index in [-0.39, 0.29) is 5.56 Å². The third-order valence-electron chi connectivity index (χ3n) is 4.89. The van der Waals surface area contributed by atoms with Gasteiger partial charge in [-0.25, -0.2) is 4.98 Å². The molecule has 4 rings (SSSR count). The van der Waals surface area contributed by atoms with Crippen molar-refractivity contribution in [3.8, 4) is 11.3 Å². The van der Waals surface area contributed by atoms with Crippen molar-refractivity contribution in [3.05, 3.63) is 89.1 Å². The van der Waals surface area contributed by atoms with E-state index in [0.29, 0.717) is 17.2 Å². The highest BCUT2D eigenvalue weighted by Crippen LogP contribution is 2.32. The van der Waals surface area contributed by atoms with Gasteiger partial charge < -0.3 is 5.32 Å². The van der Waals surface area contributed by atoms with Crippen molar-refractivity contribution >= 4 is 17.4 Å². The van der Waals surface area contributed by atoms with Crippen molar-refractivity contribution in [2.45, 2.75) is 20.0 Å². The maximum Gasteiger partial charge on any atom is 0.416 e. The van der Waals surface area contributed by atoms with E-state index in [1.807, 2.05) is 56.4 Å². The largest absolute Gasteiger partial charge is 0.416 e. The quantitative estimate of drug-likeness (QED) is 0.459. The normalized spacial score (nSPS) is 11.6. The number of imidazole rings is 1. The number of hydrogen-bond donors (Lipinski definition) is 1. The first-order valence-electron chi connectivity index (χ1n) is 9.27. The Morgan fingerprint density at radius 1 is 1.00 bits per heavy atom. The molecule has 7 heteroatoms. The van der Waals surface area contributed by atoms with Gasteiger partial charge in [0.05, 0.1) is 5.56 Å². The second kappa shape index (κ2) is 7.33. The predicted molar refractivity (Wildman–Crippen MR) is 109 cm³/mol. The topological polar surface area (TPSA) is 46.4 Å². The average molecular weight is 409 g/mol. The lowest BCUT2D eigenvalue weighted by atomic mass is 10.1. The van der Waals surface area contributed by atoms with E-state index in [1.54, 1.807) is 4.40 Å². The number of nitrogens with zero attached hydrogens (tertiary/aromatic N) is 2. The van der Waals surface area contributed by atoms with E-state index in [4.69, 9.17) is 4.98 Å². The summed E-state index contributed by atoms with van der Waals surface area (Å²) in [5, 5.41) is 2.83. The molecule has 0 aliphatic rings. The fourth-order valence-corrected chi connectivity index (χ4v) is 3.28. The summed E-state index contributed by atoms with van der Waals surface area (Å²) in [5.41, 5.74) is 3.45. The number of benzene rings is 2. The minimum absolute atomic E-state index is 0.126. The van der Waals surface area contributed by atoms with Gasteiger partial charge in [-0.05, 0) is 61.4 Å². The number of anilines is 1. The molecule has 0 aliphatic heterocycles. The minimum Gasteiger partial charge on any atom is -0.306 e. The van der Waals surface area contributed by atoms with Crippen molar-refractivity contribution in [2.75, 3.05) is 5.32 Å². The number of nitrogens with one attached hydrogen (secondary N) is 1. The Balaban J connectivity index is 1.77. The summed E-state index contributed by atoms with van der Waals surface area (Å²) in [7, 11) is 0. The Bertz CT molecular complexity index is 1240. The molecule has 1 amide bonds. The van der Waals surface area contributed by atoms with E-state index in [0.717, 1.165) is 28.8 Å². The summed E-state index contributed by atoms with van der Waals surface area (Å²) >= 11 is 0. The summed E-state index contributed by atoms with van der Waals surface area (Å²) in [6, 6.07) is 15.6. The molecule has 0 unspecified atom stereocenters. The zero-order valence-corrected chi connectivity index (χ0v) is 16.3. The number of amides is 1. The fourth-order valence-electron chi connectivity index (χ4n) is 3.28. The van der Waals surface area contributed by atoms with Gasteiger partial charge in [0.25, 0.3) is 5.91 Å². The number of aromatic nitrogens is 2. The van der Waals surface area contributed by atoms with Crippen LogP contribution in [0.3, 0.4) is 0 Å².